The van der Waals surface area contributed by atoms with Gasteiger partial charge in [-0.2, -0.15) is 0 Å². The lowest BCUT2D eigenvalue weighted by molar-refractivity contribution is 0.0772. The number of carbonyl (C=O) groups is 1. The smallest absolute Gasteiger partial charge is 0.274 e. The highest BCUT2D eigenvalue weighted by atomic mass is 35.5. The van der Waals surface area contributed by atoms with Gasteiger partial charge in [-0.1, -0.05) is 39.3 Å². The van der Waals surface area contributed by atoms with Crippen molar-refractivity contribution in [1.82, 2.24) is 14.9 Å². The number of likely N-dealkylation sites (tertiary alicyclic amines) is 1. The Bertz CT molecular complexity index is 499. The monoisotopic (exact) mass is 281 g/mol. The van der Waals surface area contributed by atoms with Gasteiger partial charge in [0.05, 0.1) is 11.2 Å². The van der Waals surface area contributed by atoms with Gasteiger partial charge in [-0.05, 0) is 11.8 Å². The molecule has 2 heterocycles. The van der Waals surface area contributed by atoms with Gasteiger partial charge >= 0.3 is 0 Å². The van der Waals surface area contributed by atoms with Crippen molar-refractivity contribution in [3.63, 3.8) is 0 Å². The maximum Gasteiger partial charge on any atom is 0.274 e. The Kier molecular flexibility index (Phi) is 3.81. The molecule has 19 heavy (non-hydrogen) atoms. The second-order valence-electron chi connectivity index (χ2n) is 6.22. The highest BCUT2D eigenvalue weighted by molar-refractivity contribution is 6.33. The second-order valence-corrected chi connectivity index (χ2v) is 6.63. The van der Waals surface area contributed by atoms with Gasteiger partial charge in [0.15, 0.2) is 5.69 Å². The van der Waals surface area contributed by atoms with E-state index < -0.39 is 0 Å². The Morgan fingerprint density at radius 3 is 2.68 bits per heavy atom. The summed E-state index contributed by atoms with van der Waals surface area (Å²) in [5.74, 6) is 0.755. The van der Waals surface area contributed by atoms with E-state index in [-0.39, 0.29) is 17.2 Å². The first-order valence-corrected chi connectivity index (χ1v) is 7.00. The summed E-state index contributed by atoms with van der Waals surface area (Å²) in [6.45, 7) is 9.85. The molecule has 0 N–H and O–H groups in total. The number of hydrogen-bond donors (Lipinski definition) is 0. The fourth-order valence-corrected chi connectivity index (χ4v) is 2.42. The van der Waals surface area contributed by atoms with Crippen LogP contribution in [0.3, 0.4) is 0 Å². The van der Waals surface area contributed by atoms with Crippen molar-refractivity contribution in [3.8, 4) is 0 Å². The van der Waals surface area contributed by atoms with Crippen molar-refractivity contribution in [2.45, 2.75) is 40.0 Å². The molecule has 4 nitrogen and oxygen atoms in total. The Morgan fingerprint density at radius 2 is 2.16 bits per heavy atom. The lowest BCUT2D eigenvalue weighted by atomic mass is 9.93. The summed E-state index contributed by atoms with van der Waals surface area (Å²) in [4.78, 5) is 22.8. The van der Waals surface area contributed by atoms with E-state index >= 15 is 0 Å². The normalized spacial score (nSPS) is 18.1. The predicted octanol–water partition coefficient (Wildman–Crippen LogP) is 3.13. The minimum atomic E-state index is -0.0834. The molecule has 1 fully saturated rings. The van der Waals surface area contributed by atoms with Gasteiger partial charge in [-0.15, -0.1) is 0 Å². The summed E-state index contributed by atoms with van der Waals surface area (Å²) in [6.07, 6.45) is 2.54. The van der Waals surface area contributed by atoms with Gasteiger partial charge in [0.25, 0.3) is 5.91 Å². The summed E-state index contributed by atoms with van der Waals surface area (Å²) < 4.78 is 0. The third kappa shape index (κ3) is 3.06. The van der Waals surface area contributed by atoms with Crippen LogP contribution in [0.2, 0.25) is 5.02 Å². The Labute approximate surface area is 119 Å². The van der Waals surface area contributed by atoms with Gasteiger partial charge in [0, 0.05) is 19.0 Å². The molecule has 1 amide bonds. The molecule has 0 bridgehead atoms. The van der Waals surface area contributed by atoms with E-state index in [0.717, 1.165) is 19.5 Å². The zero-order valence-electron chi connectivity index (χ0n) is 11.9. The van der Waals surface area contributed by atoms with E-state index in [2.05, 4.69) is 23.8 Å². The average molecular weight is 282 g/mol. The van der Waals surface area contributed by atoms with E-state index in [1.54, 1.807) is 0 Å². The zero-order chi connectivity index (χ0) is 14.2. The lowest BCUT2D eigenvalue weighted by Gasteiger charge is -2.20. The SMILES string of the molecule is CC(C)c1ncc(Cl)c(C(=O)N2CCC(C)(C)C2)n1. The molecule has 0 atom stereocenters. The van der Waals surface area contributed by atoms with Crippen LogP contribution in [0.15, 0.2) is 6.20 Å². The van der Waals surface area contributed by atoms with Crippen LogP contribution in [-0.4, -0.2) is 33.9 Å². The minimum absolute atomic E-state index is 0.0834. The number of halogens is 1. The summed E-state index contributed by atoms with van der Waals surface area (Å²) in [6, 6.07) is 0. The second kappa shape index (κ2) is 5.08. The Morgan fingerprint density at radius 1 is 1.47 bits per heavy atom. The zero-order valence-corrected chi connectivity index (χ0v) is 12.7. The van der Waals surface area contributed by atoms with Crippen molar-refractivity contribution in [1.29, 1.82) is 0 Å². The van der Waals surface area contributed by atoms with Crippen molar-refractivity contribution < 1.29 is 4.79 Å². The molecule has 5 heteroatoms. The highest BCUT2D eigenvalue weighted by Crippen LogP contribution is 2.30. The quantitative estimate of drug-likeness (QED) is 0.837. The van der Waals surface area contributed by atoms with Crippen LogP contribution >= 0.6 is 11.6 Å². The van der Waals surface area contributed by atoms with Crippen LogP contribution in [0.4, 0.5) is 0 Å². The number of rotatable bonds is 2. The number of carbonyl (C=O) groups excluding carboxylic acids is 1. The molecular weight excluding hydrogens is 262 g/mol. The Hall–Kier alpha value is -1.16. The van der Waals surface area contributed by atoms with Crippen LogP contribution < -0.4 is 0 Å². The number of aromatic nitrogens is 2. The fourth-order valence-electron chi connectivity index (χ4n) is 2.24. The van der Waals surface area contributed by atoms with Gasteiger partial charge in [-0.3, -0.25) is 4.79 Å². The minimum Gasteiger partial charge on any atom is -0.337 e. The largest absolute Gasteiger partial charge is 0.337 e. The summed E-state index contributed by atoms with van der Waals surface area (Å²) in [7, 11) is 0. The van der Waals surface area contributed by atoms with E-state index in [0.29, 0.717) is 16.5 Å². The van der Waals surface area contributed by atoms with Crippen LogP contribution in [0.5, 0.6) is 0 Å². The maximum atomic E-state index is 12.5. The first-order chi connectivity index (χ1) is 8.80. The molecule has 0 spiro atoms. The fraction of sp³-hybridized carbons (Fsp3) is 0.643. The number of nitrogens with zero attached hydrogens (tertiary/aromatic N) is 3. The molecule has 2 rings (SSSR count). The average Bonchev–Trinajstić information content (AvgIpc) is 2.69. The van der Waals surface area contributed by atoms with E-state index in [1.165, 1.54) is 6.20 Å². The van der Waals surface area contributed by atoms with Gasteiger partial charge in [0.1, 0.15) is 5.82 Å². The first kappa shape index (κ1) is 14.3. The number of amides is 1. The molecule has 1 saturated heterocycles. The molecule has 1 aliphatic heterocycles. The van der Waals surface area contributed by atoms with Crippen molar-refractivity contribution in [2.75, 3.05) is 13.1 Å². The maximum absolute atomic E-state index is 12.5. The van der Waals surface area contributed by atoms with Crippen molar-refractivity contribution >= 4 is 17.5 Å². The molecule has 0 saturated carbocycles. The van der Waals surface area contributed by atoms with Crippen molar-refractivity contribution in [2.24, 2.45) is 5.41 Å². The molecule has 0 unspecified atom stereocenters. The highest BCUT2D eigenvalue weighted by Gasteiger charge is 2.33. The standard InChI is InChI=1S/C14H20ClN3O/c1-9(2)12-16-7-10(15)11(17-12)13(19)18-6-5-14(3,4)8-18/h7,9H,5-6,8H2,1-4H3. The first-order valence-electron chi connectivity index (χ1n) is 6.62. The van der Waals surface area contributed by atoms with E-state index in [4.69, 9.17) is 11.6 Å². The molecule has 0 radical (unpaired) electrons. The van der Waals surface area contributed by atoms with Crippen LogP contribution in [0.25, 0.3) is 0 Å². The van der Waals surface area contributed by atoms with Crippen LogP contribution in [0, 0.1) is 5.41 Å². The van der Waals surface area contributed by atoms with E-state index in [1.807, 2.05) is 18.7 Å². The molecule has 0 aromatic carbocycles. The summed E-state index contributed by atoms with van der Waals surface area (Å²) >= 11 is 6.07. The molecule has 0 aliphatic carbocycles. The van der Waals surface area contributed by atoms with Gasteiger partial charge in [0.2, 0.25) is 0 Å². The molecular formula is C14H20ClN3O. The number of hydrogen-bond acceptors (Lipinski definition) is 3. The van der Waals surface area contributed by atoms with Crippen molar-refractivity contribution in [3.05, 3.63) is 22.7 Å². The Balaban J connectivity index is 2.26. The lowest BCUT2D eigenvalue weighted by Crippen LogP contribution is -2.31. The van der Waals surface area contributed by atoms with Crippen LogP contribution in [0.1, 0.15) is 56.3 Å². The van der Waals surface area contributed by atoms with Gasteiger partial charge < -0.3 is 4.90 Å². The van der Waals surface area contributed by atoms with E-state index in [9.17, 15) is 4.79 Å². The summed E-state index contributed by atoms with van der Waals surface area (Å²) in [5.41, 5.74) is 0.508. The molecule has 1 aromatic heterocycles. The predicted molar refractivity (Wildman–Crippen MR) is 75.4 cm³/mol. The third-order valence-corrected chi connectivity index (χ3v) is 3.72. The molecule has 1 aromatic rings. The molecule has 1 aliphatic rings. The van der Waals surface area contributed by atoms with Gasteiger partial charge in [-0.25, -0.2) is 9.97 Å². The summed E-state index contributed by atoms with van der Waals surface area (Å²) in [5, 5.41) is 0.333. The van der Waals surface area contributed by atoms with Crippen LogP contribution in [-0.2, 0) is 0 Å². The third-order valence-electron chi connectivity index (χ3n) is 3.45. The topological polar surface area (TPSA) is 46.1 Å². The molecule has 104 valence electrons.